The van der Waals surface area contributed by atoms with Gasteiger partial charge in [0.2, 0.25) is 10.0 Å². The molecule has 22 heavy (non-hydrogen) atoms. The van der Waals surface area contributed by atoms with Gasteiger partial charge in [-0.3, -0.25) is 0 Å². The molecule has 0 spiro atoms. The number of ether oxygens (including phenoxy) is 1. The van der Waals surface area contributed by atoms with Gasteiger partial charge in [-0.2, -0.15) is 0 Å². The Kier molecular flexibility index (Phi) is 5.88. The van der Waals surface area contributed by atoms with Crippen molar-refractivity contribution in [3.05, 3.63) is 47.4 Å². The van der Waals surface area contributed by atoms with Crippen LogP contribution >= 0.6 is 11.6 Å². The van der Waals surface area contributed by atoms with E-state index in [0.29, 0.717) is 23.1 Å². The summed E-state index contributed by atoms with van der Waals surface area (Å²) in [7, 11) is -3.65. The van der Waals surface area contributed by atoms with Crippen LogP contribution in [0, 0.1) is 0 Å². The molecule has 0 aliphatic heterocycles. The maximum absolute atomic E-state index is 12.3. The van der Waals surface area contributed by atoms with Gasteiger partial charge in [0, 0.05) is 6.07 Å². The Morgan fingerprint density at radius 2 is 2.14 bits per heavy atom. The molecule has 120 valence electrons. The summed E-state index contributed by atoms with van der Waals surface area (Å²) >= 11 is 6.03. The molecule has 0 aliphatic rings. The van der Waals surface area contributed by atoms with Gasteiger partial charge in [0.05, 0.1) is 29.3 Å². The van der Waals surface area contributed by atoms with E-state index in [9.17, 15) is 8.42 Å². The molecule has 0 unspecified atom stereocenters. The Balaban J connectivity index is 2.10. The fourth-order valence-electron chi connectivity index (χ4n) is 1.75. The molecule has 2 rings (SSSR count). The fraction of sp³-hybridized carbons (Fsp3) is 0.333. The molecule has 1 aromatic carbocycles. The summed E-state index contributed by atoms with van der Waals surface area (Å²) in [6.45, 7) is 2.63. The number of halogens is 1. The molecule has 1 heterocycles. The van der Waals surface area contributed by atoms with Crippen LogP contribution in [0.15, 0.2) is 45.9 Å². The summed E-state index contributed by atoms with van der Waals surface area (Å²) in [6, 6.07) is 7.79. The van der Waals surface area contributed by atoms with Crippen molar-refractivity contribution in [3.8, 4) is 5.75 Å². The number of nitrogens with one attached hydrogen (secondary N) is 1. The molecule has 0 atom stereocenters. The van der Waals surface area contributed by atoms with Crippen molar-refractivity contribution >= 4 is 21.6 Å². The first kappa shape index (κ1) is 16.9. The van der Waals surface area contributed by atoms with E-state index in [1.54, 1.807) is 12.1 Å². The van der Waals surface area contributed by atoms with E-state index in [1.165, 1.54) is 24.5 Å². The quantitative estimate of drug-likeness (QED) is 0.744. The Morgan fingerprint density at radius 3 is 2.82 bits per heavy atom. The smallest absolute Gasteiger partial charge is 0.241 e. The number of hydrogen-bond donors (Lipinski definition) is 1. The van der Waals surface area contributed by atoms with E-state index in [4.69, 9.17) is 20.8 Å². The highest BCUT2D eigenvalue weighted by atomic mass is 35.5. The molecule has 1 aromatic heterocycles. The highest BCUT2D eigenvalue weighted by Crippen LogP contribution is 2.27. The lowest BCUT2D eigenvalue weighted by molar-refractivity contribution is 0.309. The van der Waals surface area contributed by atoms with Gasteiger partial charge < -0.3 is 9.15 Å². The topological polar surface area (TPSA) is 68.5 Å². The molecule has 0 saturated heterocycles. The minimum Gasteiger partial charge on any atom is -0.492 e. The zero-order valence-electron chi connectivity index (χ0n) is 12.2. The van der Waals surface area contributed by atoms with Crippen LogP contribution in [0.1, 0.15) is 25.5 Å². The van der Waals surface area contributed by atoms with Gasteiger partial charge in [0.15, 0.2) is 0 Å². The summed E-state index contributed by atoms with van der Waals surface area (Å²) in [5, 5.41) is 0.390. The van der Waals surface area contributed by atoms with Crippen molar-refractivity contribution in [1.82, 2.24) is 4.72 Å². The first-order valence-corrected chi connectivity index (χ1v) is 8.83. The fourth-order valence-corrected chi connectivity index (χ4v) is 2.93. The summed E-state index contributed by atoms with van der Waals surface area (Å²) in [4.78, 5) is 0.106. The van der Waals surface area contributed by atoms with Gasteiger partial charge in [-0.15, -0.1) is 0 Å². The molecule has 1 N–H and O–H groups in total. The van der Waals surface area contributed by atoms with Crippen molar-refractivity contribution in [3.63, 3.8) is 0 Å². The van der Waals surface area contributed by atoms with E-state index in [1.807, 2.05) is 6.92 Å². The van der Waals surface area contributed by atoms with Crippen molar-refractivity contribution in [2.75, 3.05) is 6.61 Å². The Hall–Kier alpha value is -1.50. The highest BCUT2D eigenvalue weighted by molar-refractivity contribution is 7.89. The van der Waals surface area contributed by atoms with Crippen LogP contribution < -0.4 is 9.46 Å². The third kappa shape index (κ3) is 4.50. The maximum Gasteiger partial charge on any atom is 0.241 e. The minimum atomic E-state index is -3.65. The van der Waals surface area contributed by atoms with Gasteiger partial charge in [-0.05, 0) is 30.7 Å². The number of unbranched alkanes of at least 4 members (excludes halogenated alkanes) is 1. The summed E-state index contributed by atoms with van der Waals surface area (Å²) in [6.07, 6.45) is 3.36. The number of sulfonamides is 1. The zero-order chi connectivity index (χ0) is 16.0. The van der Waals surface area contributed by atoms with Gasteiger partial charge in [0.25, 0.3) is 0 Å². The van der Waals surface area contributed by atoms with Crippen LogP contribution in [0.25, 0.3) is 0 Å². The first-order valence-electron chi connectivity index (χ1n) is 6.97. The minimum absolute atomic E-state index is 0.0873. The van der Waals surface area contributed by atoms with Crippen molar-refractivity contribution in [1.29, 1.82) is 0 Å². The number of rotatable bonds is 8. The Labute approximate surface area is 135 Å². The average molecular weight is 344 g/mol. The molecule has 0 fully saturated rings. The van der Waals surface area contributed by atoms with E-state index in [2.05, 4.69) is 4.72 Å². The molecule has 0 amide bonds. The molecule has 2 aromatic rings. The third-order valence-corrected chi connectivity index (χ3v) is 4.70. The average Bonchev–Trinajstić information content (AvgIpc) is 3.01. The van der Waals surface area contributed by atoms with Gasteiger partial charge in [-0.25, -0.2) is 13.1 Å². The molecule has 5 nitrogen and oxygen atoms in total. The van der Waals surface area contributed by atoms with Gasteiger partial charge in [0.1, 0.15) is 11.5 Å². The molecule has 0 aliphatic carbocycles. The van der Waals surface area contributed by atoms with E-state index in [-0.39, 0.29) is 11.4 Å². The van der Waals surface area contributed by atoms with Crippen LogP contribution in [0.4, 0.5) is 0 Å². The van der Waals surface area contributed by atoms with E-state index >= 15 is 0 Å². The van der Waals surface area contributed by atoms with Crippen molar-refractivity contribution < 1.29 is 17.6 Å². The standard InChI is InChI=1S/C15H18ClNO4S/c1-2-3-8-21-15-10-13(6-7-14(15)16)22(18,19)17-11-12-5-4-9-20-12/h4-7,9-10,17H,2-3,8,11H2,1H3. The molecule has 7 heteroatoms. The van der Waals surface area contributed by atoms with E-state index in [0.717, 1.165) is 12.8 Å². The lowest BCUT2D eigenvalue weighted by Crippen LogP contribution is -2.23. The van der Waals surface area contributed by atoms with Crippen LogP contribution in [0.2, 0.25) is 5.02 Å². The number of furan rings is 1. The van der Waals surface area contributed by atoms with E-state index < -0.39 is 10.0 Å². The zero-order valence-corrected chi connectivity index (χ0v) is 13.8. The second-order valence-corrected chi connectivity index (χ2v) is 6.87. The van der Waals surface area contributed by atoms with Crippen LogP contribution in [-0.2, 0) is 16.6 Å². The van der Waals surface area contributed by atoms with Crippen molar-refractivity contribution in [2.45, 2.75) is 31.2 Å². The summed E-state index contributed by atoms with van der Waals surface area (Å²) in [5.74, 6) is 0.910. The largest absolute Gasteiger partial charge is 0.492 e. The Morgan fingerprint density at radius 1 is 1.32 bits per heavy atom. The summed E-state index contributed by atoms with van der Waals surface area (Å²) < 4.78 is 37.6. The lowest BCUT2D eigenvalue weighted by atomic mass is 10.3. The number of hydrogen-bond acceptors (Lipinski definition) is 4. The molecule has 0 saturated carbocycles. The molecule has 0 radical (unpaired) electrons. The summed E-state index contributed by atoms with van der Waals surface area (Å²) in [5.41, 5.74) is 0. The second kappa shape index (κ2) is 7.67. The third-order valence-electron chi connectivity index (χ3n) is 2.98. The monoisotopic (exact) mass is 343 g/mol. The molecular weight excluding hydrogens is 326 g/mol. The van der Waals surface area contributed by atoms with Gasteiger partial charge >= 0.3 is 0 Å². The predicted octanol–water partition coefficient (Wildman–Crippen LogP) is 3.59. The SMILES string of the molecule is CCCCOc1cc(S(=O)(=O)NCc2ccco2)ccc1Cl. The molecular formula is C15H18ClNO4S. The van der Waals surface area contributed by atoms with Crippen LogP contribution in [-0.4, -0.2) is 15.0 Å². The molecule has 0 bridgehead atoms. The maximum atomic E-state index is 12.3. The highest BCUT2D eigenvalue weighted by Gasteiger charge is 2.16. The lowest BCUT2D eigenvalue weighted by Gasteiger charge is -2.10. The van der Waals surface area contributed by atoms with Crippen molar-refractivity contribution in [2.24, 2.45) is 0 Å². The second-order valence-electron chi connectivity index (χ2n) is 4.70. The Bertz CT molecular complexity index is 698. The number of benzene rings is 1. The van der Waals surface area contributed by atoms with Gasteiger partial charge in [-0.1, -0.05) is 24.9 Å². The van der Waals surface area contributed by atoms with Crippen LogP contribution in [0.5, 0.6) is 5.75 Å². The normalized spacial score (nSPS) is 11.5. The predicted molar refractivity (Wildman–Crippen MR) is 84.6 cm³/mol. The first-order chi connectivity index (χ1) is 10.5. The van der Waals surface area contributed by atoms with Crippen LogP contribution in [0.3, 0.4) is 0 Å².